The van der Waals surface area contributed by atoms with E-state index in [1.165, 1.54) is 75.4 Å². The van der Waals surface area contributed by atoms with Gasteiger partial charge in [0, 0.05) is 22.9 Å². The smallest absolute Gasteiger partial charge is 0.166 e. The molecular weight excluding hydrogens is 585 g/mol. The number of carbonyl (C=O) groups is 1. The molecule has 0 aliphatic heterocycles. The lowest BCUT2D eigenvalue weighted by atomic mass is 9.43. The van der Waals surface area contributed by atoms with Gasteiger partial charge in [0.05, 0.1) is 0 Å². The number of rotatable bonds is 6. The second kappa shape index (κ2) is 16.3. The first-order valence-electron chi connectivity index (χ1n) is 20.1. The van der Waals surface area contributed by atoms with Crippen molar-refractivity contribution in [3.63, 3.8) is 0 Å². The van der Waals surface area contributed by atoms with Gasteiger partial charge >= 0.3 is 0 Å². The predicted molar refractivity (Wildman–Crippen MR) is 211 cm³/mol. The number of benzene rings is 1. The third-order valence-corrected chi connectivity index (χ3v) is 14.4. The van der Waals surface area contributed by atoms with Crippen molar-refractivity contribution >= 4 is 17.2 Å². The minimum atomic E-state index is 0.146. The molecule has 11 atom stereocenters. The number of hydrogen-bond donors (Lipinski definition) is 2. The minimum Gasteiger partial charge on any atom is -0.399 e. The van der Waals surface area contributed by atoms with Crippen LogP contribution < -0.4 is 11.5 Å². The molecule has 3 nitrogen and oxygen atoms in total. The average Bonchev–Trinajstić information content (AvgIpc) is 3.50. The molecule has 5 fully saturated rings. The summed E-state index contributed by atoms with van der Waals surface area (Å²) in [5, 5.41) is 0. The fourth-order valence-electron chi connectivity index (χ4n) is 12.2. The summed E-state index contributed by atoms with van der Waals surface area (Å²) >= 11 is 0. The van der Waals surface area contributed by atoms with E-state index in [1.54, 1.807) is 6.07 Å². The van der Waals surface area contributed by atoms with Gasteiger partial charge in [-0.1, -0.05) is 78.7 Å². The Labute approximate surface area is 297 Å². The van der Waals surface area contributed by atoms with Crippen LogP contribution in [0.25, 0.3) is 0 Å². The van der Waals surface area contributed by atoms with Crippen molar-refractivity contribution in [1.82, 2.24) is 0 Å². The number of allylic oxidation sites excluding steroid dienone is 4. The van der Waals surface area contributed by atoms with Crippen molar-refractivity contribution in [3.8, 4) is 0 Å². The zero-order valence-corrected chi connectivity index (χ0v) is 33.6. The first kappa shape index (κ1) is 40.4. The number of nitrogens with two attached hydrogens (primary N) is 2. The molecule has 5 aliphatic rings. The van der Waals surface area contributed by atoms with E-state index in [9.17, 15) is 4.79 Å². The molecule has 1 aromatic carbocycles. The van der Waals surface area contributed by atoms with Gasteiger partial charge in [-0.25, -0.2) is 0 Å². The molecule has 1 aromatic rings. The van der Waals surface area contributed by atoms with Gasteiger partial charge in [-0.2, -0.15) is 0 Å². The van der Waals surface area contributed by atoms with Crippen LogP contribution in [-0.2, 0) is 0 Å². The fraction of sp³-hybridized carbons (Fsp3) is 0.756. The summed E-state index contributed by atoms with van der Waals surface area (Å²) in [5.74, 6) is 6.00. The summed E-state index contributed by atoms with van der Waals surface area (Å²) in [6.45, 7) is 29.1. The van der Waals surface area contributed by atoms with Crippen LogP contribution in [0.1, 0.15) is 165 Å². The number of hydrogen-bond acceptors (Lipinski definition) is 3. The van der Waals surface area contributed by atoms with E-state index in [2.05, 4.69) is 67.5 Å². The van der Waals surface area contributed by atoms with Crippen LogP contribution in [0, 0.1) is 63.6 Å². The molecule has 5 aliphatic carbocycles. The molecule has 0 heterocycles. The quantitative estimate of drug-likeness (QED) is 0.181. The Hall–Kier alpha value is -2.03. The summed E-state index contributed by atoms with van der Waals surface area (Å²) < 4.78 is 0. The number of nitrogen functional groups attached to an aromatic ring is 2. The number of anilines is 2. The van der Waals surface area contributed by atoms with Gasteiger partial charge in [0.25, 0.3) is 0 Å². The second-order valence-corrected chi connectivity index (χ2v) is 17.2. The SMILES string of the molecule is CC.CC.CC(C)=CCCC(C)C1CCC2C3CCC4C(C)(CCC5C(C(=O)c6cc(N)cc(N)c6)C54C)C3CCC12C.CC=C(C)C. The van der Waals surface area contributed by atoms with Crippen LogP contribution in [-0.4, -0.2) is 5.78 Å². The summed E-state index contributed by atoms with van der Waals surface area (Å²) in [5.41, 5.74) is 18.0. The third-order valence-electron chi connectivity index (χ3n) is 14.4. The van der Waals surface area contributed by atoms with Gasteiger partial charge in [-0.15, -0.1) is 0 Å². The van der Waals surface area contributed by atoms with Crippen molar-refractivity contribution in [1.29, 1.82) is 0 Å². The molecule has 0 saturated heterocycles. The number of carbonyl (C=O) groups excluding carboxylic acids is 1. The maximum absolute atomic E-state index is 13.8. The monoisotopic (exact) mass is 661 g/mol. The maximum atomic E-state index is 13.8. The first-order valence-corrected chi connectivity index (χ1v) is 20.1. The molecular formula is C45H76N2O. The van der Waals surface area contributed by atoms with E-state index in [4.69, 9.17) is 11.5 Å². The Morgan fingerprint density at radius 3 is 1.90 bits per heavy atom. The summed E-state index contributed by atoms with van der Waals surface area (Å²) in [6, 6.07) is 5.45. The molecule has 11 unspecified atom stereocenters. The fourth-order valence-corrected chi connectivity index (χ4v) is 12.2. The lowest BCUT2D eigenvalue weighted by Gasteiger charge is -2.62. The van der Waals surface area contributed by atoms with Gasteiger partial charge in [-0.05, 0) is 175 Å². The topological polar surface area (TPSA) is 69.1 Å². The molecule has 272 valence electrons. The minimum absolute atomic E-state index is 0.146. The van der Waals surface area contributed by atoms with Crippen LogP contribution >= 0.6 is 0 Å². The normalized spacial score (nSPS) is 37.4. The molecule has 0 radical (unpaired) electrons. The van der Waals surface area contributed by atoms with Gasteiger partial charge < -0.3 is 11.5 Å². The van der Waals surface area contributed by atoms with Gasteiger partial charge in [0.15, 0.2) is 5.78 Å². The van der Waals surface area contributed by atoms with Crippen molar-refractivity contribution in [2.75, 3.05) is 11.5 Å². The predicted octanol–water partition coefficient (Wildman–Crippen LogP) is 13.0. The lowest BCUT2D eigenvalue weighted by Crippen LogP contribution is -2.55. The van der Waals surface area contributed by atoms with E-state index in [0.717, 1.165) is 35.2 Å². The molecule has 3 heteroatoms. The summed E-state index contributed by atoms with van der Waals surface area (Å²) in [7, 11) is 0. The van der Waals surface area contributed by atoms with Gasteiger partial charge in [0.1, 0.15) is 0 Å². The second-order valence-electron chi connectivity index (χ2n) is 17.2. The largest absolute Gasteiger partial charge is 0.399 e. The van der Waals surface area contributed by atoms with Crippen LogP contribution in [0.15, 0.2) is 41.5 Å². The van der Waals surface area contributed by atoms with Crippen LogP contribution in [0.5, 0.6) is 0 Å². The molecule has 0 bridgehead atoms. The number of Topliss-reactive ketones (excluding diaryl/α,β-unsaturated/α-hetero) is 1. The van der Waals surface area contributed by atoms with Crippen LogP contribution in [0.2, 0.25) is 0 Å². The summed E-state index contributed by atoms with van der Waals surface area (Å²) in [6.07, 6.45) is 18.1. The van der Waals surface area contributed by atoms with Crippen LogP contribution in [0.3, 0.4) is 0 Å². The first-order chi connectivity index (χ1) is 22.7. The Morgan fingerprint density at radius 1 is 0.792 bits per heavy atom. The Morgan fingerprint density at radius 2 is 1.33 bits per heavy atom. The van der Waals surface area contributed by atoms with Gasteiger partial charge in [-0.3, -0.25) is 4.79 Å². The van der Waals surface area contributed by atoms with E-state index in [0.29, 0.717) is 39.8 Å². The number of ketones is 1. The third kappa shape index (κ3) is 7.51. The van der Waals surface area contributed by atoms with E-state index in [-0.39, 0.29) is 11.3 Å². The molecule has 0 aromatic heterocycles. The van der Waals surface area contributed by atoms with E-state index >= 15 is 0 Å². The highest BCUT2D eigenvalue weighted by atomic mass is 16.1. The van der Waals surface area contributed by atoms with Gasteiger partial charge in [0.2, 0.25) is 0 Å². The van der Waals surface area contributed by atoms with Crippen molar-refractivity contribution in [2.45, 2.75) is 154 Å². The van der Waals surface area contributed by atoms with Crippen LogP contribution in [0.4, 0.5) is 11.4 Å². The lowest BCUT2D eigenvalue weighted by molar-refractivity contribution is -0.131. The van der Waals surface area contributed by atoms with Crippen molar-refractivity contribution in [3.05, 3.63) is 47.1 Å². The zero-order valence-electron chi connectivity index (χ0n) is 33.6. The molecule has 48 heavy (non-hydrogen) atoms. The Bertz CT molecular complexity index is 1270. The highest BCUT2D eigenvalue weighted by molar-refractivity contribution is 6.02. The molecule has 5 saturated carbocycles. The van der Waals surface area contributed by atoms with E-state index < -0.39 is 0 Å². The van der Waals surface area contributed by atoms with Crippen molar-refractivity contribution < 1.29 is 4.79 Å². The Kier molecular flexibility index (Phi) is 13.7. The summed E-state index contributed by atoms with van der Waals surface area (Å²) in [4.78, 5) is 13.8. The number of fused-ring (bicyclic) bond motifs is 7. The van der Waals surface area contributed by atoms with E-state index in [1.807, 2.05) is 46.8 Å². The standard InChI is InChI=1S/C36H54N2O.C5H10.2C2H6/c1-21(2)8-7-9-22(3)27-11-12-28-26-10-13-31-35(5,29(26)14-16-34(27,28)4)17-15-30-32(36(30,31)6)33(39)23-18-24(37)20-25(38)19-23;1-4-5(2)3;2*1-2/h8,18-20,22,26-32H,7,9-17,37-38H2,1-6H3;4H,1-3H3;2*1-2H3. The average molecular weight is 661 g/mol. The molecule has 0 spiro atoms. The molecule has 0 amide bonds. The molecule has 4 N–H and O–H groups in total. The Balaban J connectivity index is 0.000000628. The maximum Gasteiger partial charge on any atom is 0.166 e. The highest BCUT2D eigenvalue weighted by Crippen LogP contribution is 2.79. The highest BCUT2D eigenvalue weighted by Gasteiger charge is 2.74. The zero-order chi connectivity index (χ0) is 36.2. The molecule has 6 rings (SSSR count). The van der Waals surface area contributed by atoms with Crippen molar-refractivity contribution in [2.24, 2.45) is 63.6 Å².